The largest absolute Gasteiger partial charge is 0.396 e. The van der Waals surface area contributed by atoms with Gasteiger partial charge in [-0.15, -0.1) is 0 Å². The standard InChI is InChI=1S/C11H20N2O2/c1-9-11(10(2)15-13-9)8-12-6-4-3-5-7-14/h12,14H,3-8H2,1-2H3. The van der Waals surface area contributed by atoms with Gasteiger partial charge < -0.3 is 14.9 Å². The number of hydrogen-bond acceptors (Lipinski definition) is 4. The number of nitrogens with one attached hydrogen (secondary N) is 1. The molecule has 86 valence electrons. The van der Waals surface area contributed by atoms with Crippen LogP contribution in [0.3, 0.4) is 0 Å². The second-order valence-electron chi connectivity index (χ2n) is 3.76. The van der Waals surface area contributed by atoms with Crippen LogP contribution < -0.4 is 5.32 Å². The molecule has 0 saturated carbocycles. The van der Waals surface area contributed by atoms with Gasteiger partial charge in [0.15, 0.2) is 0 Å². The first-order valence-corrected chi connectivity index (χ1v) is 5.49. The van der Waals surface area contributed by atoms with E-state index in [0.717, 1.165) is 49.4 Å². The number of aliphatic hydroxyl groups is 1. The average molecular weight is 212 g/mol. The van der Waals surface area contributed by atoms with Crippen LogP contribution in [0.2, 0.25) is 0 Å². The Labute approximate surface area is 90.7 Å². The quantitative estimate of drug-likeness (QED) is 0.673. The zero-order chi connectivity index (χ0) is 11.1. The van der Waals surface area contributed by atoms with E-state index >= 15 is 0 Å². The molecule has 0 atom stereocenters. The van der Waals surface area contributed by atoms with Crippen LogP contribution >= 0.6 is 0 Å². The molecule has 0 spiro atoms. The lowest BCUT2D eigenvalue weighted by Gasteiger charge is -2.03. The summed E-state index contributed by atoms with van der Waals surface area (Å²) in [5.41, 5.74) is 2.13. The van der Waals surface area contributed by atoms with Gasteiger partial charge in [-0.25, -0.2) is 0 Å². The Kier molecular flexibility index (Phi) is 5.36. The zero-order valence-corrected chi connectivity index (χ0v) is 9.55. The van der Waals surface area contributed by atoms with E-state index in [2.05, 4.69) is 10.5 Å². The molecule has 0 radical (unpaired) electrons. The van der Waals surface area contributed by atoms with Crippen LogP contribution in [-0.4, -0.2) is 23.4 Å². The third kappa shape index (κ3) is 4.01. The molecule has 0 saturated heterocycles. The summed E-state index contributed by atoms with van der Waals surface area (Å²) in [6.45, 7) is 5.98. The van der Waals surface area contributed by atoms with Crippen molar-refractivity contribution in [3.05, 3.63) is 17.0 Å². The predicted octanol–water partition coefficient (Wildman–Crippen LogP) is 1.54. The molecule has 2 N–H and O–H groups in total. The Morgan fingerprint density at radius 1 is 1.27 bits per heavy atom. The summed E-state index contributed by atoms with van der Waals surface area (Å²) in [4.78, 5) is 0. The first kappa shape index (κ1) is 12.2. The number of nitrogens with zero attached hydrogens (tertiary/aromatic N) is 1. The molecule has 4 heteroatoms. The summed E-state index contributed by atoms with van der Waals surface area (Å²) in [7, 11) is 0. The highest BCUT2D eigenvalue weighted by Gasteiger charge is 2.07. The minimum atomic E-state index is 0.296. The van der Waals surface area contributed by atoms with Crippen LogP contribution in [0.1, 0.15) is 36.3 Å². The average Bonchev–Trinajstić information content (AvgIpc) is 2.54. The van der Waals surface area contributed by atoms with Gasteiger partial charge in [0.1, 0.15) is 5.76 Å². The first-order valence-electron chi connectivity index (χ1n) is 5.49. The molecular formula is C11H20N2O2. The van der Waals surface area contributed by atoms with Gasteiger partial charge in [-0.2, -0.15) is 0 Å². The smallest absolute Gasteiger partial charge is 0.138 e. The van der Waals surface area contributed by atoms with Crippen molar-refractivity contribution in [1.29, 1.82) is 0 Å². The van der Waals surface area contributed by atoms with Crippen LogP contribution in [0.5, 0.6) is 0 Å². The molecule has 0 aliphatic heterocycles. The summed E-state index contributed by atoms with van der Waals surface area (Å²) in [5, 5.41) is 15.8. The van der Waals surface area contributed by atoms with E-state index in [1.165, 1.54) is 0 Å². The third-order valence-electron chi connectivity index (χ3n) is 2.49. The van der Waals surface area contributed by atoms with E-state index in [4.69, 9.17) is 9.63 Å². The van der Waals surface area contributed by atoms with Crippen molar-refractivity contribution in [1.82, 2.24) is 10.5 Å². The Hall–Kier alpha value is -0.870. The van der Waals surface area contributed by atoms with E-state index in [0.29, 0.717) is 6.61 Å². The lowest BCUT2D eigenvalue weighted by atomic mass is 10.2. The third-order valence-corrected chi connectivity index (χ3v) is 2.49. The van der Waals surface area contributed by atoms with Crippen LogP contribution in [0.15, 0.2) is 4.52 Å². The maximum absolute atomic E-state index is 8.60. The molecule has 1 aromatic rings. The van der Waals surface area contributed by atoms with Crippen LogP contribution in [0.25, 0.3) is 0 Å². The molecule has 0 aliphatic rings. The maximum atomic E-state index is 8.60. The van der Waals surface area contributed by atoms with Crippen molar-refractivity contribution < 1.29 is 9.63 Å². The van der Waals surface area contributed by atoms with E-state index in [9.17, 15) is 0 Å². The van der Waals surface area contributed by atoms with Gasteiger partial charge >= 0.3 is 0 Å². The van der Waals surface area contributed by atoms with Crippen molar-refractivity contribution in [3.63, 3.8) is 0 Å². The first-order chi connectivity index (χ1) is 7.25. The number of hydrogen-bond donors (Lipinski definition) is 2. The SMILES string of the molecule is Cc1noc(C)c1CNCCCCCO. The van der Waals surface area contributed by atoms with Crippen molar-refractivity contribution >= 4 is 0 Å². The molecule has 1 rings (SSSR count). The molecule has 0 amide bonds. The molecule has 0 bridgehead atoms. The summed E-state index contributed by atoms with van der Waals surface area (Å²) < 4.78 is 5.07. The van der Waals surface area contributed by atoms with E-state index in [-0.39, 0.29) is 0 Å². The van der Waals surface area contributed by atoms with Gasteiger partial charge in [0.2, 0.25) is 0 Å². The number of rotatable bonds is 7. The summed E-state index contributed by atoms with van der Waals surface area (Å²) in [6.07, 6.45) is 3.07. The Morgan fingerprint density at radius 3 is 2.67 bits per heavy atom. The normalized spacial score (nSPS) is 10.9. The molecular weight excluding hydrogens is 192 g/mol. The van der Waals surface area contributed by atoms with Gasteiger partial charge in [0, 0.05) is 18.7 Å². The molecule has 0 fully saturated rings. The van der Waals surface area contributed by atoms with Crippen molar-refractivity contribution in [2.24, 2.45) is 0 Å². The highest BCUT2D eigenvalue weighted by molar-refractivity contribution is 5.20. The van der Waals surface area contributed by atoms with E-state index in [1.54, 1.807) is 0 Å². The number of unbranched alkanes of at least 4 members (excludes halogenated alkanes) is 2. The van der Waals surface area contributed by atoms with Crippen LogP contribution in [0.4, 0.5) is 0 Å². The Bertz CT molecular complexity index is 265. The maximum Gasteiger partial charge on any atom is 0.138 e. The number of aryl methyl sites for hydroxylation is 2. The molecule has 0 aliphatic carbocycles. The summed E-state index contributed by atoms with van der Waals surface area (Å²) in [6, 6.07) is 0. The molecule has 1 heterocycles. The summed E-state index contributed by atoms with van der Waals surface area (Å²) in [5.74, 6) is 0.898. The fourth-order valence-electron chi connectivity index (χ4n) is 1.51. The minimum Gasteiger partial charge on any atom is -0.396 e. The molecule has 0 aromatic carbocycles. The lowest BCUT2D eigenvalue weighted by Crippen LogP contribution is -2.15. The molecule has 4 nitrogen and oxygen atoms in total. The zero-order valence-electron chi connectivity index (χ0n) is 9.55. The van der Waals surface area contributed by atoms with Crippen LogP contribution in [0, 0.1) is 13.8 Å². The van der Waals surface area contributed by atoms with Gasteiger partial charge in [0.05, 0.1) is 5.69 Å². The topological polar surface area (TPSA) is 58.3 Å². The van der Waals surface area contributed by atoms with Gasteiger partial charge in [-0.1, -0.05) is 5.16 Å². The van der Waals surface area contributed by atoms with Crippen molar-refractivity contribution in [3.8, 4) is 0 Å². The fraction of sp³-hybridized carbons (Fsp3) is 0.727. The highest BCUT2D eigenvalue weighted by atomic mass is 16.5. The Morgan fingerprint density at radius 2 is 2.07 bits per heavy atom. The monoisotopic (exact) mass is 212 g/mol. The number of aliphatic hydroxyl groups excluding tert-OH is 1. The predicted molar refractivity (Wildman–Crippen MR) is 58.6 cm³/mol. The molecule has 15 heavy (non-hydrogen) atoms. The molecule has 1 aromatic heterocycles. The second-order valence-corrected chi connectivity index (χ2v) is 3.76. The minimum absolute atomic E-state index is 0.296. The fourth-order valence-corrected chi connectivity index (χ4v) is 1.51. The van der Waals surface area contributed by atoms with Crippen molar-refractivity contribution in [2.75, 3.05) is 13.2 Å². The van der Waals surface area contributed by atoms with E-state index in [1.807, 2.05) is 13.8 Å². The second kappa shape index (κ2) is 6.58. The summed E-state index contributed by atoms with van der Waals surface area (Å²) >= 11 is 0. The number of aromatic nitrogens is 1. The van der Waals surface area contributed by atoms with Crippen molar-refractivity contribution in [2.45, 2.75) is 39.7 Å². The van der Waals surface area contributed by atoms with Gasteiger partial charge in [0.25, 0.3) is 0 Å². The highest BCUT2D eigenvalue weighted by Crippen LogP contribution is 2.11. The lowest BCUT2D eigenvalue weighted by molar-refractivity contribution is 0.283. The van der Waals surface area contributed by atoms with Gasteiger partial charge in [-0.3, -0.25) is 0 Å². The molecule has 0 unspecified atom stereocenters. The van der Waals surface area contributed by atoms with E-state index < -0.39 is 0 Å². The van der Waals surface area contributed by atoms with Gasteiger partial charge in [-0.05, 0) is 39.7 Å². The Balaban J connectivity index is 2.15. The van der Waals surface area contributed by atoms with Crippen LogP contribution in [-0.2, 0) is 6.54 Å².